The maximum absolute atomic E-state index is 12.7. The fourth-order valence-corrected chi connectivity index (χ4v) is 6.41. The second-order valence-electron chi connectivity index (χ2n) is 13.3. The molecule has 8 N–H and O–H groups in total. The molecular weight excluding hydrogens is 727 g/mol. The summed E-state index contributed by atoms with van der Waals surface area (Å²) >= 11 is 0. The third-order valence-electron chi connectivity index (χ3n) is 8.89. The molecule has 0 saturated carbocycles. The van der Waals surface area contributed by atoms with Crippen molar-refractivity contribution in [3.05, 3.63) is 161 Å². The fourth-order valence-electron chi connectivity index (χ4n) is 6.41. The third kappa shape index (κ3) is 11.5. The van der Waals surface area contributed by atoms with Gasteiger partial charge in [0.2, 0.25) is 11.8 Å². The van der Waals surface area contributed by atoms with Gasteiger partial charge in [0.05, 0.1) is 48.3 Å². The first kappa shape index (κ1) is 39.3. The van der Waals surface area contributed by atoms with Crippen molar-refractivity contribution < 1.29 is 28.7 Å². The van der Waals surface area contributed by atoms with E-state index in [4.69, 9.17) is 26.7 Å². The van der Waals surface area contributed by atoms with Crippen LogP contribution in [0.3, 0.4) is 0 Å². The van der Waals surface area contributed by atoms with Crippen LogP contribution in [0.4, 0.5) is 21.0 Å². The summed E-state index contributed by atoms with van der Waals surface area (Å²) in [6, 6.07) is 31.2. The Morgan fingerprint density at radius 3 is 1.68 bits per heavy atom. The average Bonchev–Trinajstić information content (AvgIpc) is 3.71. The predicted octanol–water partition coefficient (Wildman–Crippen LogP) is 4.53. The van der Waals surface area contributed by atoms with Gasteiger partial charge in [-0.1, -0.05) is 66.7 Å². The lowest BCUT2D eigenvalue weighted by molar-refractivity contribution is -0.118. The van der Waals surface area contributed by atoms with Crippen LogP contribution in [-0.2, 0) is 53.1 Å². The number of primary amides is 3. The number of nitrogens with zero attached hydrogens (tertiary/aromatic N) is 4. The molecule has 0 atom stereocenters. The van der Waals surface area contributed by atoms with Crippen LogP contribution in [0.25, 0.3) is 0 Å². The molecular formula is C42H43N9O6. The molecule has 292 valence electrons. The van der Waals surface area contributed by atoms with Crippen LogP contribution >= 0.6 is 0 Å². The van der Waals surface area contributed by atoms with Crippen molar-refractivity contribution >= 4 is 35.3 Å². The zero-order chi connectivity index (χ0) is 40.1. The number of carbonyl (C=O) groups excluding carboxylic acids is 4. The molecule has 4 aromatic carbocycles. The Bertz CT molecular complexity index is 2360. The van der Waals surface area contributed by atoms with Crippen LogP contribution in [0.2, 0.25) is 0 Å². The normalized spacial score (nSPS) is 10.8. The van der Waals surface area contributed by atoms with E-state index >= 15 is 0 Å². The lowest BCUT2D eigenvalue weighted by Crippen LogP contribution is -2.19. The van der Waals surface area contributed by atoms with Gasteiger partial charge in [0, 0.05) is 37.3 Å². The molecule has 0 radical (unpaired) electrons. The number of ether oxygens (including phenoxy) is 2. The molecule has 0 spiro atoms. The van der Waals surface area contributed by atoms with Crippen molar-refractivity contribution in [2.75, 3.05) is 23.8 Å². The highest BCUT2D eigenvalue weighted by atomic mass is 16.6. The first-order valence-electron chi connectivity index (χ1n) is 18.1. The zero-order valence-corrected chi connectivity index (χ0v) is 31.1. The molecule has 6 rings (SSSR count). The van der Waals surface area contributed by atoms with Gasteiger partial charge < -0.3 is 41.1 Å². The number of hydrogen-bond donors (Lipinski definition) is 5. The lowest BCUT2D eigenvalue weighted by atomic mass is 10.1. The molecule has 0 saturated heterocycles. The van der Waals surface area contributed by atoms with E-state index in [1.807, 2.05) is 81.9 Å². The molecule has 15 heteroatoms. The van der Waals surface area contributed by atoms with Crippen LogP contribution < -0.4 is 32.6 Å². The molecule has 0 bridgehead atoms. The predicted molar refractivity (Wildman–Crippen MR) is 214 cm³/mol. The van der Waals surface area contributed by atoms with E-state index in [0.717, 1.165) is 33.6 Å². The van der Waals surface area contributed by atoms with Gasteiger partial charge in [0.1, 0.15) is 19.0 Å². The minimum absolute atomic E-state index is 0.00518. The number of benzene rings is 4. The summed E-state index contributed by atoms with van der Waals surface area (Å²) in [6.07, 6.45) is 3.75. The van der Waals surface area contributed by atoms with Crippen molar-refractivity contribution in [2.24, 2.45) is 17.2 Å². The van der Waals surface area contributed by atoms with Crippen molar-refractivity contribution in [3.8, 4) is 5.75 Å². The summed E-state index contributed by atoms with van der Waals surface area (Å²) in [7, 11) is 0. The van der Waals surface area contributed by atoms with Crippen molar-refractivity contribution in [2.45, 2.75) is 38.8 Å². The number of rotatable bonds is 18. The molecule has 15 nitrogen and oxygen atoms in total. The fraction of sp³-hybridized carbons (Fsp3) is 0.190. The van der Waals surface area contributed by atoms with Gasteiger partial charge >= 0.3 is 12.1 Å². The molecule has 0 aliphatic carbocycles. The summed E-state index contributed by atoms with van der Waals surface area (Å²) in [5.74, 6) is -0.367. The van der Waals surface area contributed by atoms with Crippen molar-refractivity contribution in [1.29, 1.82) is 0 Å². The number of carbonyl (C=O) groups is 4. The molecule has 0 unspecified atom stereocenters. The van der Waals surface area contributed by atoms with Crippen molar-refractivity contribution in [1.82, 2.24) is 19.1 Å². The number of nitrogens with two attached hydrogens (primary N) is 3. The molecule has 0 fully saturated rings. The Balaban J connectivity index is 1.01. The smallest absolute Gasteiger partial charge is 0.411 e. The quantitative estimate of drug-likeness (QED) is 0.0779. The third-order valence-corrected chi connectivity index (χ3v) is 8.89. The minimum Gasteiger partial charge on any atom is -0.490 e. The number of hydrogen-bond acceptors (Lipinski definition) is 8. The molecule has 0 aliphatic heterocycles. The van der Waals surface area contributed by atoms with E-state index < -0.39 is 23.9 Å². The topological polar surface area (TPSA) is 224 Å². The van der Waals surface area contributed by atoms with Gasteiger partial charge in [-0.05, 0) is 58.7 Å². The lowest BCUT2D eigenvalue weighted by Gasteiger charge is -2.12. The van der Waals surface area contributed by atoms with Gasteiger partial charge in [0.25, 0.3) is 0 Å². The maximum atomic E-state index is 12.7. The monoisotopic (exact) mass is 769 g/mol. The second kappa shape index (κ2) is 18.8. The van der Waals surface area contributed by atoms with Gasteiger partial charge in [0.15, 0.2) is 0 Å². The number of amides is 5. The Morgan fingerprint density at radius 1 is 0.579 bits per heavy atom. The Morgan fingerprint density at radius 2 is 1.11 bits per heavy atom. The molecule has 0 aliphatic rings. The SMILES string of the molecule is NC(=O)Cc1c(Cc2cccc(OCCOC(=O)Nc3cccc(Cn4cnc(Cc5ccccc5)c4CC(N)=O)c3)c2)ncn1Cc1cccc(NC(N)=O)c1. The number of imidazole rings is 2. The summed E-state index contributed by atoms with van der Waals surface area (Å²) in [4.78, 5) is 57.1. The van der Waals surface area contributed by atoms with Crippen LogP contribution in [-0.4, -0.2) is 56.3 Å². The Kier molecular flexibility index (Phi) is 12.9. The van der Waals surface area contributed by atoms with E-state index in [2.05, 4.69) is 20.6 Å². The highest BCUT2D eigenvalue weighted by Gasteiger charge is 2.17. The standard InChI is InChI=1S/C42H43N9O6/c43-39(52)22-37-35(20-28-7-2-1-3-8-28)46-26-50(37)25-31-11-5-13-33(18-31)49-42(55)57-16-15-56-34-14-6-9-29(19-34)21-36-38(23-40(44)53)51(27-47-36)24-30-10-4-12-32(17-30)48-41(45)54/h1-14,17-19,26-27H,15-16,20-25H2,(H2,43,52)(H2,44,53)(H,49,55)(H3,45,48,54). The minimum atomic E-state index is -0.663. The van der Waals surface area contributed by atoms with Gasteiger partial charge in [-0.15, -0.1) is 0 Å². The highest BCUT2D eigenvalue weighted by molar-refractivity contribution is 5.87. The largest absolute Gasteiger partial charge is 0.490 e. The van der Waals surface area contributed by atoms with E-state index in [0.29, 0.717) is 54.4 Å². The summed E-state index contributed by atoms with van der Waals surface area (Å²) in [6.45, 7) is 0.918. The molecule has 2 aromatic heterocycles. The van der Waals surface area contributed by atoms with E-state index in [9.17, 15) is 19.2 Å². The van der Waals surface area contributed by atoms with Crippen LogP contribution in [0.1, 0.15) is 45.0 Å². The van der Waals surface area contributed by atoms with Crippen LogP contribution in [0.15, 0.2) is 116 Å². The number of urea groups is 1. The summed E-state index contributed by atoms with van der Waals surface area (Å²) < 4.78 is 15.0. The zero-order valence-electron chi connectivity index (χ0n) is 31.1. The van der Waals surface area contributed by atoms with E-state index in [-0.39, 0.29) is 26.1 Å². The van der Waals surface area contributed by atoms with Gasteiger partial charge in [-0.3, -0.25) is 14.9 Å². The maximum Gasteiger partial charge on any atom is 0.411 e. The number of anilines is 2. The molecule has 5 amide bonds. The highest BCUT2D eigenvalue weighted by Crippen LogP contribution is 2.22. The molecule has 57 heavy (non-hydrogen) atoms. The number of nitrogens with one attached hydrogen (secondary N) is 2. The Hall–Kier alpha value is -7.42. The molecule has 6 aromatic rings. The first-order chi connectivity index (χ1) is 27.6. The number of aromatic nitrogens is 4. The first-order valence-corrected chi connectivity index (χ1v) is 18.1. The summed E-state index contributed by atoms with van der Waals surface area (Å²) in [5, 5.41) is 5.32. The molecule has 2 heterocycles. The van der Waals surface area contributed by atoms with E-state index in [1.165, 1.54) is 0 Å². The van der Waals surface area contributed by atoms with Gasteiger partial charge in [-0.2, -0.15) is 0 Å². The Labute approximate surface area is 328 Å². The average molecular weight is 770 g/mol. The summed E-state index contributed by atoms with van der Waals surface area (Å²) in [5.41, 5.74) is 24.1. The second-order valence-corrected chi connectivity index (χ2v) is 13.3. The van der Waals surface area contributed by atoms with Gasteiger partial charge in [-0.25, -0.2) is 19.6 Å². The van der Waals surface area contributed by atoms with Crippen LogP contribution in [0.5, 0.6) is 5.75 Å². The van der Waals surface area contributed by atoms with E-state index in [1.54, 1.807) is 43.0 Å². The van der Waals surface area contributed by atoms with Crippen LogP contribution in [0, 0.1) is 0 Å². The van der Waals surface area contributed by atoms with Crippen molar-refractivity contribution in [3.63, 3.8) is 0 Å².